The molecule has 3 aromatic carbocycles. The third-order valence-corrected chi connectivity index (χ3v) is 6.77. The van der Waals surface area contributed by atoms with Crippen LogP contribution in [0.3, 0.4) is 0 Å². The predicted molar refractivity (Wildman–Crippen MR) is 148 cm³/mol. The van der Waals surface area contributed by atoms with Crippen LogP contribution in [0.5, 0.6) is 5.75 Å². The smallest absolute Gasteiger partial charge is 0.252 e. The molecule has 0 fully saturated rings. The molecule has 0 aliphatic carbocycles. The van der Waals surface area contributed by atoms with Crippen LogP contribution in [0.15, 0.2) is 77.6 Å². The number of hydrogen-bond acceptors (Lipinski definition) is 6. The topological polar surface area (TPSA) is 88.9 Å². The molecule has 0 bridgehead atoms. The maximum Gasteiger partial charge on any atom is 0.252 e. The normalized spacial score (nSPS) is 11.4. The van der Waals surface area contributed by atoms with E-state index in [9.17, 15) is 9.18 Å². The lowest BCUT2D eigenvalue weighted by molar-refractivity contribution is 0.248. The summed E-state index contributed by atoms with van der Waals surface area (Å²) in [5, 5.41) is 13.2. The summed E-state index contributed by atoms with van der Waals surface area (Å²) in [5.74, 6) is 1.14. The maximum absolute atomic E-state index is 13.4. The number of nitrogens with zero attached hydrogens (tertiary/aromatic N) is 5. The summed E-state index contributed by atoms with van der Waals surface area (Å²) in [5.41, 5.74) is 4.67. The zero-order valence-corrected chi connectivity index (χ0v) is 22.1. The van der Waals surface area contributed by atoms with Crippen LogP contribution in [0.2, 0.25) is 0 Å². The van der Waals surface area contributed by atoms with Crippen LogP contribution in [0.1, 0.15) is 35.0 Å². The highest BCUT2D eigenvalue weighted by molar-refractivity contribution is 5.80. The summed E-state index contributed by atoms with van der Waals surface area (Å²) in [4.78, 5) is 18.2. The zero-order valence-electron chi connectivity index (χ0n) is 22.1. The fourth-order valence-corrected chi connectivity index (χ4v) is 4.65. The van der Waals surface area contributed by atoms with Crippen molar-refractivity contribution in [2.75, 3.05) is 13.2 Å². The fourth-order valence-electron chi connectivity index (χ4n) is 4.65. The molecule has 0 aliphatic rings. The number of aromatic amines is 1. The molecule has 1 N–H and O–H groups in total. The molecule has 0 atom stereocenters. The maximum atomic E-state index is 13.4. The van der Waals surface area contributed by atoms with Gasteiger partial charge in [0, 0.05) is 29.6 Å². The van der Waals surface area contributed by atoms with Crippen molar-refractivity contribution in [3.8, 4) is 5.75 Å². The molecule has 2 aromatic heterocycles. The number of aryl methyl sites for hydroxylation is 1. The number of nitrogens with one attached hydrogen (secondary N) is 1. The van der Waals surface area contributed by atoms with E-state index >= 15 is 0 Å². The van der Waals surface area contributed by atoms with Crippen LogP contribution in [0.25, 0.3) is 10.9 Å². The van der Waals surface area contributed by atoms with E-state index in [0.717, 1.165) is 28.6 Å². The number of fused-ring (bicyclic) bond motifs is 1. The predicted octanol–water partition coefficient (Wildman–Crippen LogP) is 4.65. The first kappa shape index (κ1) is 26.2. The number of tetrazole rings is 1. The Hall–Kier alpha value is -4.37. The molecule has 0 radical (unpaired) electrons. The minimum Gasteiger partial charge on any atom is -0.494 e. The number of rotatable bonds is 11. The number of halogens is 1. The lowest BCUT2D eigenvalue weighted by Gasteiger charge is -2.22. The summed E-state index contributed by atoms with van der Waals surface area (Å²) >= 11 is 0. The fraction of sp³-hybridized carbons (Fsp3) is 0.267. The molecule has 200 valence electrons. The summed E-state index contributed by atoms with van der Waals surface area (Å²) in [6.07, 6.45) is 0.812. The van der Waals surface area contributed by atoms with E-state index in [4.69, 9.17) is 4.74 Å². The van der Waals surface area contributed by atoms with E-state index in [1.165, 1.54) is 23.3 Å². The molecule has 0 spiro atoms. The Morgan fingerprint density at radius 2 is 1.82 bits per heavy atom. The Bertz CT molecular complexity index is 1610. The Balaban J connectivity index is 1.41. The highest BCUT2D eigenvalue weighted by Gasteiger charge is 2.16. The highest BCUT2D eigenvalue weighted by atomic mass is 19.1. The van der Waals surface area contributed by atoms with Crippen LogP contribution in [-0.2, 0) is 26.1 Å². The van der Waals surface area contributed by atoms with E-state index in [-0.39, 0.29) is 11.4 Å². The van der Waals surface area contributed by atoms with Gasteiger partial charge < -0.3 is 9.72 Å². The first-order valence-electron chi connectivity index (χ1n) is 13.0. The molecule has 0 amide bonds. The molecule has 2 heterocycles. The molecule has 8 nitrogen and oxygen atoms in total. The van der Waals surface area contributed by atoms with Crippen molar-refractivity contribution in [3.05, 3.63) is 117 Å². The molecule has 5 aromatic rings. The van der Waals surface area contributed by atoms with Crippen molar-refractivity contribution in [1.29, 1.82) is 0 Å². The van der Waals surface area contributed by atoms with E-state index in [1.54, 1.807) is 16.8 Å². The van der Waals surface area contributed by atoms with E-state index in [2.05, 4.69) is 44.5 Å². The number of ether oxygens (including phenoxy) is 1. The molecule has 0 saturated heterocycles. The third kappa shape index (κ3) is 6.56. The van der Waals surface area contributed by atoms with Crippen molar-refractivity contribution in [1.82, 2.24) is 30.1 Å². The van der Waals surface area contributed by atoms with Gasteiger partial charge in [-0.1, -0.05) is 36.4 Å². The molecular weight excluding hydrogens is 495 g/mol. The van der Waals surface area contributed by atoms with Crippen LogP contribution < -0.4 is 10.3 Å². The van der Waals surface area contributed by atoms with Crippen molar-refractivity contribution in [2.24, 2.45) is 0 Å². The van der Waals surface area contributed by atoms with Crippen molar-refractivity contribution in [2.45, 2.75) is 39.9 Å². The molecular formula is C30H31FN6O2. The Morgan fingerprint density at radius 1 is 1.00 bits per heavy atom. The second-order valence-electron chi connectivity index (χ2n) is 9.57. The summed E-state index contributed by atoms with van der Waals surface area (Å²) in [6.45, 7) is 6.60. The van der Waals surface area contributed by atoms with Gasteiger partial charge in [-0.25, -0.2) is 9.07 Å². The summed E-state index contributed by atoms with van der Waals surface area (Å²) in [6, 6.07) is 22.2. The second kappa shape index (κ2) is 12.0. The minimum atomic E-state index is -0.285. The summed E-state index contributed by atoms with van der Waals surface area (Å²) < 4.78 is 20.7. The Kier molecular flexibility index (Phi) is 8.07. The quantitative estimate of drug-likeness (QED) is 0.269. The van der Waals surface area contributed by atoms with Crippen molar-refractivity contribution < 1.29 is 9.13 Å². The lowest BCUT2D eigenvalue weighted by atomic mass is 10.1. The standard InChI is InChI=1S/C30H31FN6O2/c1-3-39-27-12-13-28-24(17-27)16-25(30(38)32-28)19-36(15-14-23-7-5-4-6-21(23)2)20-29-33-34-35-37(29)18-22-8-10-26(31)11-9-22/h4-13,16-17H,3,14-15,18-20H2,1-2H3,(H,32,38). The van der Waals surface area contributed by atoms with Gasteiger partial charge in [0.15, 0.2) is 5.82 Å². The summed E-state index contributed by atoms with van der Waals surface area (Å²) in [7, 11) is 0. The van der Waals surface area contributed by atoms with Gasteiger partial charge in [-0.3, -0.25) is 9.69 Å². The van der Waals surface area contributed by atoms with Gasteiger partial charge in [0.2, 0.25) is 0 Å². The molecule has 0 unspecified atom stereocenters. The number of H-pyrrole nitrogens is 1. The Morgan fingerprint density at radius 3 is 2.62 bits per heavy atom. The average Bonchev–Trinajstić information content (AvgIpc) is 3.36. The average molecular weight is 527 g/mol. The second-order valence-corrected chi connectivity index (χ2v) is 9.57. The van der Waals surface area contributed by atoms with Crippen molar-refractivity contribution >= 4 is 10.9 Å². The molecule has 0 saturated carbocycles. The van der Waals surface area contributed by atoms with Gasteiger partial charge in [-0.2, -0.15) is 0 Å². The van der Waals surface area contributed by atoms with Gasteiger partial charge in [-0.05, 0) is 83.8 Å². The van der Waals surface area contributed by atoms with Gasteiger partial charge >= 0.3 is 0 Å². The molecule has 0 aliphatic heterocycles. The highest BCUT2D eigenvalue weighted by Crippen LogP contribution is 2.20. The zero-order chi connectivity index (χ0) is 27.2. The van der Waals surface area contributed by atoms with Crippen molar-refractivity contribution in [3.63, 3.8) is 0 Å². The van der Waals surface area contributed by atoms with Crippen LogP contribution in [0.4, 0.5) is 4.39 Å². The SMILES string of the molecule is CCOc1ccc2[nH]c(=O)c(CN(CCc3ccccc3C)Cc3nnnn3Cc3ccc(F)cc3)cc2c1. The van der Waals surface area contributed by atoms with Gasteiger partial charge in [-0.15, -0.1) is 5.10 Å². The largest absolute Gasteiger partial charge is 0.494 e. The number of hydrogen-bond donors (Lipinski definition) is 1. The lowest BCUT2D eigenvalue weighted by Crippen LogP contribution is -2.30. The first-order valence-corrected chi connectivity index (χ1v) is 13.0. The van der Waals surface area contributed by atoms with E-state index in [1.807, 2.05) is 43.3 Å². The number of benzene rings is 3. The van der Waals surface area contributed by atoms with E-state index < -0.39 is 0 Å². The first-order chi connectivity index (χ1) is 19.0. The third-order valence-electron chi connectivity index (χ3n) is 6.77. The van der Waals surface area contributed by atoms with Crippen LogP contribution in [0, 0.1) is 12.7 Å². The van der Waals surface area contributed by atoms with Gasteiger partial charge in [0.25, 0.3) is 5.56 Å². The van der Waals surface area contributed by atoms with Gasteiger partial charge in [0.05, 0.1) is 19.7 Å². The number of aromatic nitrogens is 5. The monoisotopic (exact) mass is 526 g/mol. The van der Waals surface area contributed by atoms with Gasteiger partial charge in [0.1, 0.15) is 11.6 Å². The molecule has 39 heavy (non-hydrogen) atoms. The van der Waals surface area contributed by atoms with E-state index in [0.29, 0.717) is 44.2 Å². The van der Waals surface area contributed by atoms with Crippen LogP contribution >= 0.6 is 0 Å². The van der Waals surface area contributed by atoms with Crippen LogP contribution in [-0.4, -0.2) is 43.2 Å². The molecule has 5 rings (SSSR count). The molecule has 9 heteroatoms. The number of pyridine rings is 1. The minimum absolute atomic E-state index is 0.126. The Labute approximate surface area is 226 Å².